The van der Waals surface area contributed by atoms with Crippen molar-refractivity contribution in [3.05, 3.63) is 66.0 Å². The number of carbonyl (C=O) groups excluding carboxylic acids is 2. The molecule has 1 fully saturated rings. The number of carbonyl (C=O) groups is 2. The predicted octanol–water partition coefficient (Wildman–Crippen LogP) is 3.81. The molecule has 1 aliphatic heterocycles. The maximum absolute atomic E-state index is 14.1. The Morgan fingerprint density at radius 3 is 2.41 bits per heavy atom. The molecule has 4 atom stereocenters. The van der Waals surface area contributed by atoms with Crippen molar-refractivity contribution in [3.8, 4) is 11.1 Å². The van der Waals surface area contributed by atoms with E-state index < -0.39 is 24.0 Å². The summed E-state index contributed by atoms with van der Waals surface area (Å²) in [6.45, 7) is 11.8. The average Bonchev–Trinajstić information content (AvgIpc) is 3.51. The monoisotopic (exact) mass is 536 g/mol. The molecule has 0 spiro atoms. The Kier molecular flexibility index (Phi) is 8.15. The van der Waals surface area contributed by atoms with Crippen LogP contribution in [0.5, 0.6) is 0 Å². The van der Waals surface area contributed by atoms with Gasteiger partial charge in [-0.05, 0) is 30.0 Å². The lowest BCUT2D eigenvalue weighted by Gasteiger charge is -2.30. The van der Waals surface area contributed by atoms with Gasteiger partial charge < -0.3 is 15.3 Å². The summed E-state index contributed by atoms with van der Waals surface area (Å²) in [6, 6.07) is 7.03. The van der Waals surface area contributed by atoms with E-state index >= 15 is 0 Å². The lowest BCUT2D eigenvalue weighted by molar-refractivity contribution is -0.142. The number of amides is 2. The van der Waals surface area contributed by atoms with Crippen LogP contribution in [-0.4, -0.2) is 60.5 Å². The fraction of sp³-hybridized carbons (Fsp3) is 0.483. The molecule has 0 radical (unpaired) electrons. The second-order valence-electron chi connectivity index (χ2n) is 11.6. The Morgan fingerprint density at radius 2 is 1.82 bits per heavy atom. The number of nitrogens with zero attached hydrogens (tertiary/aromatic N) is 5. The van der Waals surface area contributed by atoms with Crippen molar-refractivity contribution < 1.29 is 19.1 Å². The van der Waals surface area contributed by atoms with Gasteiger partial charge in [0, 0.05) is 36.3 Å². The molecular weight excluding hydrogens is 499 g/mol. The molecule has 2 aromatic heterocycles. The minimum absolute atomic E-state index is 0.0710. The van der Waals surface area contributed by atoms with E-state index in [9.17, 15) is 19.1 Å². The van der Waals surface area contributed by atoms with Gasteiger partial charge in [-0.25, -0.2) is 9.07 Å². The van der Waals surface area contributed by atoms with E-state index in [2.05, 4.69) is 20.6 Å². The molecule has 0 saturated carbocycles. The smallest absolute Gasteiger partial charge is 0.248 e. The van der Waals surface area contributed by atoms with Gasteiger partial charge in [0.15, 0.2) is 0 Å². The van der Waals surface area contributed by atoms with Crippen LogP contribution in [0.4, 0.5) is 4.39 Å². The molecule has 39 heavy (non-hydrogen) atoms. The number of nitrogens with one attached hydrogen (secondary N) is 1. The lowest BCUT2D eigenvalue weighted by Crippen LogP contribution is -2.49. The van der Waals surface area contributed by atoms with Gasteiger partial charge in [-0.1, -0.05) is 64.1 Å². The van der Waals surface area contributed by atoms with E-state index in [-0.39, 0.29) is 42.2 Å². The van der Waals surface area contributed by atoms with Crippen LogP contribution < -0.4 is 5.32 Å². The third-order valence-electron chi connectivity index (χ3n) is 7.17. The van der Waals surface area contributed by atoms with Crippen LogP contribution in [0.25, 0.3) is 11.1 Å². The van der Waals surface area contributed by atoms with Crippen LogP contribution in [0, 0.1) is 11.7 Å². The molecular formula is C29H37FN6O3. The van der Waals surface area contributed by atoms with Crippen molar-refractivity contribution in [1.29, 1.82) is 0 Å². The summed E-state index contributed by atoms with van der Waals surface area (Å²) in [4.78, 5) is 32.4. The molecule has 3 heterocycles. The van der Waals surface area contributed by atoms with Crippen LogP contribution in [0.15, 0.2) is 48.9 Å². The number of aliphatic hydroxyl groups excluding tert-OH is 1. The van der Waals surface area contributed by atoms with E-state index in [0.29, 0.717) is 11.1 Å². The lowest BCUT2D eigenvalue weighted by atomic mass is 9.93. The molecule has 1 saturated heterocycles. The number of pyridine rings is 1. The number of halogens is 1. The molecule has 0 unspecified atom stereocenters. The summed E-state index contributed by atoms with van der Waals surface area (Å²) < 4.78 is 15.7. The van der Waals surface area contributed by atoms with Gasteiger partial charge in [0.2, 0.25) is 11.8 Å². The number of hydrogen-bond donors (Lipinski definition) is 2. The first-order chi connectivity index (χ1) is 18.4. The largest absolute Gasteiger partial charge is 0.391 e. The van der Waals surface area contributed by atoms with Crippen molar-refractivity contribution >= 4 is 11.8 Å². The Hall–Kier alpha value is -3.66. The molecule has 0 aliphatic carbocycles. The fourth-order valence-corrected chi connectivity index (χ4v) is 4.89. The van der Waals surface area contributed by atoms with Gasteiger partial charge in [-0.3, -0.25) is 14.6 Å². The Bertz CT molecular complexity index is 1320. The number of aromatic nitrogens is 4. The number of rotatable bonds is 7. The van der Waals surface area contributed by atoms with Crippen LogP contribution in [0.2, 0.25) is 0 Å². The zero-order valence-corrected chi connectivity index (χ0v) is 23.3. The van der Waals surface area contributed by atoms with Gasteiger partial charge in [-0.2, -0.15) is 0 Å². The number of β-amino-alcohol motifs (C(OH)–C–C–N with tert-alkyl or cyclic N) is 1. The molecule has 9 nitrogen and oxygen atoms in total. The van der Waals surface area contributed by atoms with E-state index in [4.69, 9.17) is 0 Å². The molecule has 208 valence electrons. The molecule has 3 aromatic rings. The normalized spacial score (nSPS) is 19.3. The van der Waals surface area contributed by atoms with E-state index in [0.717, 1.165) is 11.3 Å². The first-order valence-corrected chi connectivity index (χ1v) is 13.3. The van der Waals surface area contributed by atoms with Gasteiger partial charge in [0.05, 0.1) is 24.0 Å². The second kappa shape index (κ2) is 11.2. The highest BCUT2D eigenvalue weighted by Gasteiger charge is 2.43. The minimum Gasteiger partial charge on any atom is -0.391 e. The SMILES string of the molecule is CC(C)[C@@H](C(=O)N1C[C@H](O)C[C@H]1C(=O)N[C@@H](C)c1ccc(-c2ccncc2F)cc1)n1cc(C(C)(C)C)nn1. The van der Waals surface area contributed by atoms with Crippen molar-refractivity contribution in [2.75, 3.05) is 6.54 Å². The minimum atomic E-state index is -0.813. The molecule has 10 heteroatoms. The van der Waals surface area contributed by atoms with Crippen LogP contribution in [0.3, 0.4) is 0 Å². The number of hydrogen-bond acceptors (Lipinski definition) is 6. The first kappa shape index (κ1) is 28.4. The molecule has 0 bridgehead atoms. The van der Waals surface area contributed by atoms with Gasteiger partial charge in [-0.15, -0.1) is 5.10 Å². The third-order valence-corrected chi connectivity index (χ3v) is 7.17. The standard InChI is InChI=1S/C29H37FN6O3/c1-17(2)26(36-16-25(33-34-36)29(4,5)6)28(39)35-15-21(37)13-24(35)27(38)32-18(3)19-7-9-20(10-8-19)22-11-12-31-14-23(22)30/h7-12,14,16-18,21,24,26,37H,13,15H2,1-6H3,(H,32,38)/t18-,21+,24-,26-/m0/s1. The van der Waals surface area contributed by atoms with Gasteiger partial charge in [0.25, 0.3) is 0 Å². The Morgan fingerprint density at radius 1 is 1.13 bits per heavy atom. The summed E-state index contributed by atoms with van der Waals surface area (Å²) in [5, 5.41) is 21.9. The summed E-state index contributed by atoms with van der Waals surface area (Å²) in [7, 11) is 0. The highest BCUT2D eigenvalue weighted by atomic mass is 19.1. The van der Waals surface area contributed by atoms with E-state index in [1.807, 2.05) is 53.7 Å². The maximum Gasteiger partial charge on any atom is 0.248 e. The average molecular weight is 537 g/mol. The number of aliphatic hydroxyl groups is 1. The quantitative estimate of drug-likeness (QED) is 0.475. The molecule has 2 amide bonds. The molecule has 4 rings (SSSR count). The van der Waals surface area contributed by atoms with Gasteiger partial charge in [0.1, 0.15) is 17.9 Å². The third kappa shape index (κ3) is 6.16. The van der Waals surface area contributed by atoms with Crippen molar-refractivity contribution in [3.63, 3.8) is 0 Å². The first-order valence-electron chi connectivity index (χ1n) is 13.3. The predicted molar refractivity (Wildman–Crippen MR) is 145 cm³/mol. The van der Waals surface area contributed by atoms with Gasteiger partial charge >= 0.3 is 0 Å². The zero-order valence-electron chi connectivity index (χ0n) is 23.3. The van der Waals surface area contributed by atoms with Crippen LogP contribution in [0.1, 0.15) is 71.3 Å². The highest BCUT2D eigenvalue weighted by Crippen LogP contribution is 2.29. The summed E-state index contributed by atoms with van der Waals surface area (Å²) >= 11 is 0. The summed E-state index contributed by atoms with van der Waals surface area (Å²) in [5.74, 6) is -1.14. The summed E-state index contributed by atoms with van der Waals surface area (Å²) in [5.41, 5.74) is 2.52. The summed E-state index contributed by atoms with van der Waals surface area (Å²) in [6.07, 6.45) is 3.84. The maximum atomic E-state index is 14.1. The van der Waals surface area contributed by atoms with E-state index in [1.165, 1.54) is 17.3 Å². The molecule has 2 N–H and O–H groups in total. The van der Waals surface area contributed by atoms with Crippen molar-refractivity contribution in [2.24, 2.45) is 5.92 Å². The van der Waals surface area contributed by atoms with E-state index in [1.54, 1.807) is 29.1 Å². The number of likely N-dealkylation sites (tertiary alicyclic amines) is 1. The Balaban J connectivity index is 1.49. The second-order valence-corrected chi connectivity index (χ2v) is 11.6. The highest BCUT2D eigenvalue weighted by molar-refractivity contribution is 5.90. The van der Waals surface area contributed by atoms with Crippen molar-refractivity contribution in [1.82, 2.24) is 30.2 Å². The Labute approximate surface area is 228 Å². The topological polar surface area (TPSA) is 113 Å². The fourth-order valence-electron chi connectivity index (χ4n) is 4.89. The van der Waals surface area contributed by atoms with Crippen molar-refractivity contribution in [2.45, 2.75) is 77.6 Å². The molecule has 1 aromatic carbocycles. The van der Waals surface area contributed by atoms with Crippen LogP contribution in [-0.2, 0) is 15.0 Å². The molecule has 1 aliphatic rings. The van der Waals surface area contributed by atoms with Crippen LogP contribution >= 0.6 is 0 Å². The zero-order chi connectivity index (χ0) is 28.5. The number of benzene rings is 1.